The number of nitrogens with zero attached hydrogens (tertiary/aromatic N) is 3. The normalized spacial score (nSPS) is 15.2. The molecule has 0 atom stereocenters. The van der Waals surface area contributed by atoms with E-state index < -0.39 is 17.2 Å². The number of rotatable bonds is 4. The minimum Gasteiger partial charge on any atom is -0.157 e. The number of hydrogen-bond donors (Lipinski definition) is 0. The van der Waals surface area contributed by atoms with Gasteiger partial charge in [-0.15, -0.1) is 14.0 Å². The Bertz CT molecular complexity index is 247. The molecule has 0 unspecified atom stereocenters. The molecule has 0 heterocycles. The zero-order valence-electron chi connectivity index (χ0n) is 10.7. The fraction of sp³-hybridized carbons (Fsp3) is 1.00. The molecule has 0 aliphatic heterocycles. The van der Waals surface area contributed by atoms with Crippen LogP contribution < -0.4 is 0 Å². The highest BCUT2D eigenvalue weighted by atomic mass is 35.6. The van der Waals surface area contributed by atoms with E-state index in [1.165, 1.54) is 14.0 Å². The van der Waals surface area contributed by atoms with Crippen molar-refractivity contribution >= 4 is 42.5 Å². The van der Waals surface area contributed by atoms with E-state index in [0.29, 0.717) is 0 Å². The predicted molar refractivity (Wildman–Crippen MR) is 73.2 cm³/mol. The van der Waals surface area contributed by atoms with Crippen molar-refractivity contribution < 1.29 is 8.78 Å². The summed E-state index contributed by atoms with van der Waals surface area (Å²) in [6, 6.07) is 0. The second kappa shape index (κ2) is 5.58. The molecule has 0 aliphatic carbocycles. The minimum atomic E-state index is -3.50. The second-order valence-electron chi connectivity index (χ2n) is 4.15. The molecule has 0 N–H and O–H groups in total. The third-order valence-electron chi connectivity index (χ3n) is 2.39. The van der Waals surface area contributed by atoms with E-state index >= 15 is 0 Å². The van der Waals surface area contributed by atoms with Crippen molar-refractivity contribution in [3.8, 4) is 0 Å². The lowest BCUT2D eigenvalue weighted by Gasteiger charge is -2.45. The standard InChI is InChI=1S/C8H18Cl3F2N3P/c1-14(2)17(15(3)4,16(5)6)8(12,13)7(9,10)11/h1-6H3/q+1. The van der Waals surface area contributed by atoms with Crippen molar-refractivity contribution in [2.45, 2.75) is 9.46 Å². The van der Waals surface area contributed by atoms with Crippen molar-refractivity contribution in [1.29, 1.82) is 0 Å². The van der Waals surface area contributed by atoms with Crippen LogP contribution in [0.4, 0.5) is 8.78 Å². The van der Waals surface area contributed by atoms with E-state index in [9.17, 15) is 8.78 Å². The summed E-state index contributed by atoms with van der Waals surface area (Å²) in [5, 5.41) is 0. The highest BCUT2D eigenvalue weighted by Crippen LogP contribution is 2.78. The molecule has 104 valence electrons. The van der Waals surface area contributed by atoms with Crippen LogP contribution in [0, 0.1) is 0 Å². The summed E-state index contributed by atoms with van der Waals surface area (Å²) in [7, 11) is 6.06. The smallest absolute Gasteiger partial charge is 0.157 e. The topological polar surface area (TPSA) is 9.72 Å². The van der Waals surface area contributed by atoms with Crippen LogP contribution in [0.25, 0.3) is 0 Å². The fourth-order valence-corrected chi connectivity index (χ4v) is 7.01. The Morgan fingerprint density at radius 3 is 1.06 bits per heavy atom. The Morgan fingerprint density at radius 2 is 1.00 bits per heavy atom. The molecule has 0 aromatic rings. The first-order valence-electron chi connectivity index (χ1n) is 4.70. The van der Waals surface area contributed by atoms with Crippen molar-refractivity contribution in [1.82, 2.24) is 14.0 Å². The Balaban J connectivity index is 5.95. The van der Waals surface area contributed by atoms with E-state index in [1.54, 1.807) is 42.3 Å². The molecule has 0 spiro atoms. The molecule has 9 heteroatoms. The first-order chi connectivity index (χ1) is 7.33. The van der Waals surface area contributed by atoms with Crippen LogP contribution in [0.3, 0.4) is 0 Å². The largest absolute Gasteiger partial charge is 0.448 e. The van der Waals surface area contributed by atoms with Gasteiger partial charge in [0.25, 0.3) is 3.79 Å². The maximum absolute atomic E-state index is 14.5. The molecule has 0 aliphatic rings. The lowest BCUT2D eigenvalue weighted by atomic mass is 10.8. The fourth-order valence-electron chi connectivity index (χ4n) is 2.00. The summed E-state index contributed by atoms with van der Waals surface area (Å²) >= 11 is 16.4. The molecule has 0 saturated heterocycles. The molecule has 0 amide bonds. The van der Waals surface area contributed by atoms with E-state index in [1.807, 2.05) is 0 Å². The van der Waals surface area contributed by atoms with Gasteiger partial charge in [0.15, 0.2) is 0 Å². The van der Waals surface area contributed by atoms with Crippen molar-refractivity contribution in [3.05, 3.63) is 0 Å². The van der Waals surface area contributed by atoms with E-state index in [2.05, 4.69) is 0 Å². The lowest BCUT2D eigenvalue weighted by molar-refractivity contribution is 0.0749. The van der Waals surface area contributed by atoms with Crippen molar-refractivity contribution in [2.24, 2.45) is 0 Å². The van der Waals surface area contributed by atoms with E-state index in [4.69, 9.17) is 34.8 Å². The van der Waals surface area contributed by atoms with Gasteiger partial charge in [-0.3, -0.25) is 0 Å². The third-order valence-corrected chi connectivity index (χ3v) is 7.93. The predicted octanol–water partition coefficient (Wildman–Crippen LogP) is 3.40. The maximum Gasteiger partial charge on any atom is 0.448 e. The number of hydrogen-bond acceptors (Lipinski definition) is 3. The third kappa shape index (κ3) is 2.81. The zero-order valence-corrected chi connectivity index (χ0v) is 13.8. The minimum absolute atomic E-state index is 1.43. The Morgan fingerprint density at radius 1 is 0.765 bits per heavy atom. The van der Waals surface area contributed by atoms with Crippen molar-refractivity contribution in [3.63, 3.8) is 0 Å². The Labute approximate surface area is 117 Å². The average molecular weight is 332 g/mol. The first-order valence-corrected chi connectivity index (χ1v) is 7.48. The zero-order chi connectivity index (χ0) is 14.2. The number of halogens is 5. The van der Waals surface area contributed by atoms with Gasteiger partial charge in [-0.2, -0.15) is 8.78 Å². The summed E-state index contributed by atoms with van der Waals surface area (Å²) in [5.41, 5.74) is -3.50. The van der Waals surface area contributed by atoms with Gasteiger partial charge in [-0.1, -0.05) is 34.8 Å². The molecule has 3 nitrogen and oxygen atoms in total. The van der Waals surface area contributed by atoms with Gasteiger partial charge in [0.1, 0.15) is 0 Å². The van der Waals surface area contributed by atoms with Crippen molar-refractivity contribution in [2.75, 3.05) is 42.3 Å². The second-order valence-corrected chi connectivity index (χ2v) is 10.5. The van der Waals surface area contributed by atoms with Crippen LogP contribution in [0.1, 0.15) is 0 Å². The molecule has 0 fully saturated rings. The number of alkyl halides is 5. The van der Waals surface area contributed by atoms with Gasteiger partial charge in [-0.25, -0.2) is 0 Å². The Hall–Kier alpha value is 1.04. The molecule has 0 aromatic heterocycles. The van der Waals surface area contributed by atoms with E-state index in [0.717, 1.165) is 0 Å². The summed E-state index contributed by atoms with van der Waals surface area (Å²) < 4.78 is 30.7. The average Bonchev–Trinajstić information content (AvgIpc) is 1.98. The molecular formula is C8H18Cl3F2N3P+. The summed E-state index contributed by atoms with van der Waals surface area (Å²) in [6.45, 7) is 0. The monoisotopic (exact) mass is 330 g/mol. The summed E-state index contributed by atoms with van der Waals surface area (Å²) in [4.78, 5) is 0. The van der Waals surface area contributed by atoms with Crippen LogP contribution in [0.5, 0.6) is 0 Å². The van der Waals surface area contributed by atoms with E-state index in [-0.39, 0.29) is 0 Å². The van der Waals surface area contributed by atoms with Gasteiger partial charge >= 0.3 is 13.4 Å². The summed E-state index contributed by atoms with van der Waals surface area (Å²) in [5.74, 6) is 0. The molecule has 0 aromatic carbocycles. The molecule has 0 radical (unpaired) electrons. The quantitative estimate of drug-likeness (QED) is 0.577. The van der Waals surface area contributed by atoms with Crippen LogP contribution in [-0.2, 0) is 0 Å². The van der Waals surface area contributed by atoms with Gasteiger partial charge in [-0.05, 0) is 0 Å². The van der Waals surface area contributed by atoms with Crippen LogP contribution in [0.2, 0.25) is 0 Å². The molecule has 17 heavy (non-hydrogen) atoms. The molecule has 0 rings (SSSR count). The van der Waals surface area contributed by atoms with Gasteiger partial charge in [0.05, 0.1) is 0 Å². The SMILES string of the molecule is CN(C)[P+](N(C)C)(N(C)C)C(F)(F)C(Cl)(Cl)Cl. The molecule has 0 saturated carbocycles. The highest BCUT2D eigenvalue weighted by molar-refractivity contribution is 7.70. The Kier molecular flexibility index (Phi) is 5.92. The van der Waals surface area contributed by atoms with Gasteiger partial charge < -0.3 is 0 Å². The van der Waals surface area contributed by atoms with Crippen LogP contribution in [0.15, 0.2) is 0 Å². The molecular weight excluding hydrogens is 313 g/mol. The van der Waals surface area contributed by atoms with Gasteiger partial charge in [0, 0.05) is 42.3 Å². The van der Waals surface area contributed by atoms with Crippen LogP contribution in [-0.4, -0.2) is 65.8 Å². The summed E-state index contributed by atoms with van der Waals surface area (Å²) in [6.07, 6.45) is 0. The maximum atomic E-state index is 14.5. The highest BCUT2D eigenvalue weighted by Gasteiger charge is 2.77. The van der Waals surface area contributed by atoms with Crippen LogP contribution >= 0.6 is 42.5 Å². The lowest BCUT2D eigenvalue weighted by Crippen LogP contribution is -2.51. The van der Waals surface area contributed by atoms with Gasteiger partial charge in [0.2, 0.25) is 0 Å². The first kappa shape index (κ1) is 18.0. The molecule has 0 bridgehead atoms.